The molecule has 124 valence electrons. The molecule has 3 amide bonds. The van der Waals surface area contributed by atoms with Crippen molar-refractivity contribution in [2.75, 3.05) is 13.6 Å². The number of carbonyl (C=O) groups is 3. The van der Waals surface area contributed by atoms with Gasteiger partial charge < -0.3 is 4.90 Å². The van der Waals surface area contributed by atoms with Crippen molar-refractivity contribution in [3.8, 4) is 0 Å². The number of hydrogen-bond donors (Lipinski definition) is 0. The summed E-state index contributed by atoms with van der Waals surface area (Å²) < 4.78 is 0. The first-order valence-corrected chi connectivity index (χ1v) is 8.87. The first-order valence-electron chi connectivity index (χ1n) is 8.87. The number of rotatable bonds is 3. The van der Waals surface area contributed by atoms with Crippen LogP contribution in [0.1, 0.15) is 38.5 Å². The van der Waals surface area contributed by atoms with E-state index in [0.29, 0.717) is 0 Å². The molecule has 2 bridgehead atoms. The number of fused-ring (bicyclic) bond motifs is 5. The van der Waals surface area contributed by atoms with E-state index in [-0.39, 0.29) is 54.0 Å². The topological polar surface area (TPSA) is 57.7 Å². The van der Waals surface area contributed by atoms with Crippen molar-refractivity contribution in [2.24, 2.45) is 23.7 Å². The van der Waals surface area contributed by atoms with Crippen molar-refractivity contribution in [3.63, 3.8) is 0 Å². The molecule has 0 N–H and O–H groups in total. The molecule has 4 aliphatic rings. The Bertz CT molecular complexity index is 549. The summed E-state index contributed by atoms with van der Waals surface area (Å²) in [7, 11) is 1.81. The second-order valence-corrected chi connectivity index (χ2v) is 7.56. The van der Waals surface area contributed by atoms with E-state index >= 15 is 0 Å². The second kappa shape index (κ2) is 5.46. The third-order valence-electron chi connectivity index (χ3n) is 6.37. The van der Waals surface area contributed by atoms with Crippen LogP contribution in [-0.2, 0) is 14.4 Å². The zero-order valence-corrected chi connectivity index (χ0v) is 13.6. The van der Waals surface area contributed by atoms with Gasteiger partial charge in [-0.05, 0) is 31.1 Å². The summed E-state index contributed by atoms with van der Waals surface area (Å²) in [5, 5.41) is 0. The zero-order chi connectivity index (χ0) is 16.1. The van der Waals surface area contributed by atoms with Crippen molar-refractivity contribution >= 4 is 17.7 Å². The predicted octanol–water partition coefficient (Wildman–Crippen LogP) is 1.58. The standard InChI is InChI=1S/C18H24N2O3/c1-19(13-5-3-2-4-6-13)14(21)10-20-17(22)15-11-7-8-12(9-11)16(15)18(20)23/h7-8,11-13,15-16H,2-6,9-10H2,1H3. The molecule has 3 aliphatic carbocycles. The largest absolute Gasteiger partial charge is 0.341 e. The summed E-state index contributed by atoms with van der Waals surface area (Å²) in [6.07, 6.45) is 10.7. The molecule has 2 saturated carbocycles. The van der Waals surface area contributed by atoms with Gasteiger partial charge in [0.2, 0.25) is 17.7 Å². The lowest BCUT2D eigenvalue weighted by molar-refractivity contribution is -0.147. The van der Waals surface area contributed by atoms with Gasteiger partial charge in [-0.15, -0.1) is 0 Å². The monoisotopic (exact) mass is 316 g/mol. The van der Waals surface area contributed by atoms with Crippen molar-refractivity contribution in [3.05, 3.63) is 12.2 Å². The number of likely N-dealkylation sites (N-methyl/N-ethyl adjacent to an activating group) is 1. The highest BCUT2D eigenvalue weighted by atomic mass is 16.2. The molecule has 3 fully saturated rings. The van der Waals surface area contributed by atoms with Crippen molar-refractivity contribution in [2.45, 2.75) is 44.6 Å². The summed E-state index contributed by atoms with van der Waals surface area (Å²) in [5.74, 6) is -0.339. The van der Waals surface area contributed by atoms with E-state index in [4.69, 9.17) is 0 Å². The van der Waals surface area contributed by atoms with Gasteiger partial charge in [-0.1, -0.05) is 31.4 Å². The van der Waals surface area contributed by atoms with Crippen LogP contribution < -0.4 is 0 Å². The number of hydrogen-bond acceptors (Lipinski definition) is 3. The predicted molar refractivity (Wildman–Crippen MR) is 84.1 cm³/mol. The van der Waals surface area contributed by atoms with Crippen LogP contribution in [0.4, 0.5) is 0 Å². The van der Waals surface area contributed by atoms with E-state index in [9.17, 15) is 14.4 Å². The lowest BCUT2D eigenvalue weighted by Gasteiger charge is -2.32. The van der Waals surface area contributed by atoms with Crippen molar-refractivity contribution in [1.82, 2.24) is 9.80 Å². The van der Waals surface area contributed by atoms with Crippen LogP contribution >= 0.6 is 0 Å². The number of allylic oxidation sites excluding steroid dienone is 2. The number of carbonyl (C=O) groups excluding carboxylic acids is 3. The van der Waals surface area contributed by atoms with E-state index in [1.165, 1.54) is 11.3 Å². The van der Waals surface area contributed by atoms with Crippen molar-refractivity contribution < 1.29 is 14.4 Å². The van der Waals surface area contributed by atoms with E-state index in [0.717, 1.165) is 32.1 Å². The molecule has 0 spiro atoms. The minimum absolute atomic E-state index is 0.0723. The molecule has 1 saturated heterocycles. The molecule has 0 aromatic carbocycles. The summed E-state index contributed by atoms with van der Waals surface area (Å²) in [6, 6.07) is 0.265. The quantitative estimate of drug-likeness (QED) is 0.587. The van der Waals surface area contributed by atoms with Crippen LogP contribution in [0.25, 0.3) is 0 Å². The lowest BCUT2D eigenvalue weighted by Crippen LogP contribution is -2.46. The molecule has 5 nitrogen and oxygen atoms in total. The molecule has 0 aromatic heterocycles. The van der Waals surface area contributed by atoms with Crippen LogP contribution in [0, 0.1) is 23.7 Å². The molecule has 1 heterocycles. The third-order valence-corrected chi connectivity index (χ3v) is 6.37. The first kappa shape index (κ1) is 14.9. The van der Waals surface area contributed by atoms with Gasteiger partial charge in [-0.2, -0.15) is 0 Å². The molecule has 4 unspecified atom stereocenters. The Morgan fingerprint density at radius 1 is 1.09 bits per heavy atom. The highest BCUT2D eigenvalue weighted by Crippen LogP contribution is 2.52. The minimum Gasteiger partial charge on any atom is -0.341 e. The van der Waals surface area contributed by atoms with Gasteiger partial charge in [0.05, 0.1) is 11.8 Å². The van der Waals surface area contributed by atoms with Crippen LogP contribution in [0.3, 0.4) is 0 Å². The van der Waals surface area contributed by atoms with E-state index in [1.807, 2.05) is 7.05 Å². The highest BCUT2D eigenvalue weighted by molar-refractivity contribution is 6.08. The fraction of sp³-hybridized carbons (Fsp3) is 0.722. The molecule has 4 rings (SSSR count). The average Bonchev–Trinajstić information content (AvgIpc) is 3.24. The molecular formula is C18H24N2O3. The second-order valence-electron chi connectivity index (χ2n) is 7.56. The fourth-order valence-corrected chi connectivity index (χ4v) is 5.04. The number of amides is 3. The summed E-state index contributed by atoms with van der Waals surface area (Å²) >= 11 is 0. The minimum atomic E-state index is -0.203. The van der Waals surface area contributed by atoms with Gasteiger partial charge in [0.1, 0.15) is 6.54 Å². The van der Waals surface area contributed by atoms with Crippen LogP contribution in [-0.4, -0.2) is 47.2 Å². The van der Waals surface area contributed by atoms with Gasteiger partial charge in [0.15, 0.2) is 0 Å². The van der Waals surface area contributed by atoms with Gasteiger partial charge in [-0.3, -0.25) is 19.3 Å². The van der Waals surface area contributed by atoms with E-state index in [1.54, 1.807) is 4.90 Å². The van der Waals surface area contributed by atoms with Crippen LogP contribution in [0.5, 0.6) is 0 Å². The number of nitrogens with zero attached hydrogens (tertiary/aromatic N) is 2. The van der Waals surface area contributed by atoms with E-state index < -0.39 is 0 Å². The SMILES string of the molecule is CN(C(=O)CN1C(=O)C2C3C=CC(C3)C2C1=O)C1CCCCC1. The first-order chi connectivity index (χ1) is 11.1. The fourth-order valence-electron chi connectivity index (χ4n) is 5.04. The summed E-state index contributed by atoms with van der Waals surface area (Å²) in [4.78, 5) is 40.8. The average molecular weight is 316 g/mol. The Balaban J connectivity index is 1.44. The smallest absolute Gasteiger partial charge is 0.242 e. The molecule has 4 atom stereocenters. The van der Waals surface area contributed by atoms with Crippen LogP contribution in [0.2, 0.25) is 0 Å². The molecule has 0 radical (unpaired) electrons. The Labute approximate surface area is 136 Å². The Morgan fingerprint density at radius 2 is 1.65 bits per heavy atom. The maximum absolute atomic E-state index is 12.6. The highest BCUT2D eigenvalue weighted by Gasteiger charge is 2.59. The third kappa shape index (κ3) is 2.24. The zero-order valence-electron chi connectivity index (χ0n) is 13.6. The number of likely N-dealkylation sites (tertiary alicyclic amines) is 1. The normalized spacial score (nSPS) is 36.0. The van der Waals surface area contributed by atoms with E-state index in [2.05, 4.69) is 12.2 Å². The van der Waals surface area contributed by atoms with Crippen LogP contribution in [0.15, 0.2) is 12.2 Å². The van der Waals surface area contributed by atoms with Crippen molar-refractivity contribution in [1.29, 1.82) is 0 Å². The Hall–Kier alpha value is -1.65. The maximum Gasteiger partial charge on any atom is 0.242 e. The molecule has 0 aromatic rings. The summed E-state index contributed by atoms with van der Waals surface area (Å²) in [6.45, 7) is -0.0723. The van der Waals surface area contributed by atoms with Gasteiger partial charge >= 0.3 is 0 Å². The molecular weight excluding hydrogens is 292 g/mol. The van der Waals surface area contributed by atoms with Gasteiger partial charge in [-0.25, -0.2) is 0 Å². The molecule has 1 aliphatic heterocycles. The lowest BCUT2D eigenvalue weighted by atomic mass is 9.85. The Kier molecular flexibility index (Phi) is 3.54. The summed E-state index contributed by atoms with van der Waals surface area (Å²) in [5.41, 5.74) is 0. The van der Waals surface area contributed by atoms with Gasteiger partial charge in [0.25, 0.3) is 0 Å². The molecule has 5 heteroatoms. The molecule has 23 heavy (non-hydrogen) atoms. The van der Waals surface area contributed by atoms with Gasteiger partial charge in [0, 0.05) is 13.1 Å². The Morgan fingerprint density at radius 3 is 2.22 bits per heavy atom. The maximum atomic E-state index is 12.6. The number of imide groups is 1.